The number of carbonyl (C=O) groups excluding carboxylic acids is 1. The second kappa shape index (κ2) is 8.04. The minimum absolute atomic E-state index is 0.269. The van der Waals surface area contributed by atoms with E-state index in [0.717, 1.165) is 45.1 Å². The van der Waals surface area contributed by atoms with Gasteiger partial charge >= 0.3 is 6.09 Å². The number of rotatable bonds is 3. The van der Waals surface area contributed by atoms with E-state index in [9.17, 15) is 4.79 Å². The number of hydrogen-bond acceptors (Lipinski definition) is 8. The molecular formula is C23H25N5O2S2. The van der Waals surface area contributed by atoms with E-state index < -0.39 is 5.60 Å². The normalized spacial score (nSPS) is 15.1. The van der Waals surface area contributed by atoms with Gasteiger partial charge in [0.15, 0.2) is 0 Å². The number of hydrogen-bond donors (Lipinski definition) is 1. The Kier molecular flexibility index (Phi) is 5.33. The fourth-order valence-corrected chi connectivity index (χ4v) is 5.83. The van der Waals surface area contributed by atoms with Crippen molar-refractivity contribution in [3.05, 3.63) is 40.0 Å². The first-order chi connectivity index (χ1) is 15.3. The van der Waals surface area contributed by atoms with Crippen LogP contribution in [0.1, 0.15) is 42.3 Å². The molecule has 1 amide bonds. The van der Waals surface area contributed by atoms with Crippen LogP contribution in [-0.4, -0.2) is 45.6 Å². The largest absolute Gasteiger partial charge is 0.444 e. The van der Waals surface area contributed by atoms with Crippen molar-refractivity contribution in [3.63, 3.8) is 0 Å². The molecule has 9 heteroatoms. The molecule has 2 aromatic heterocycles. The van der Waals surface area contributed by atoms with Gasteiger partial charge in [0.25, 0.3) is 0 Å². The molecule has 4 heterocycles. The minimum atomic E-state index is -0.504. The number of aliphatic imine (C=N–C) groups is 1. The van der Waals surface area contributed by atoms with Crippen molar-refractivity contribution in [2.45, 2.75) is 50.8 Å². The molecule has 0 fully saturated rings. The van der Waals surface area contributed by atoms with Gasteiger partial charge in [0.1, 0.15) is 22.6 Å². The third kappa shape index (κ3) is 3.95. The zero-order valence-electron chi connectivity index (χ0n) is 18.6. The van der Waals surface area contributed by atoms with Crippen LogP contribution in [0.2, 0.25) is 0 Å². The number of fused-ring (bicyclic) bond motifs is 4. The highest BCUT2D eigenvalue weighted by atomic mass is 32.2. The minimum Gasteiger partial charge on any atom is -0.444 e. The molecule has 0 radical (unpaired) electrons. The average Bonchev–Trinajstić information content (AvgIpc) is 3.35. The molecule has 7 nitrogen and oxygen atoms in total. The van der Waals surface area contributed by atoms with Gasteiger partial charge in [-0.05, 0) is 62.3 Å². The number of aromatic nitrogens is 2. The lowest BCUT2D eigenvalue weighted by Crippen LogP contribution is -2.39. The molecule has 1 N–H and O–H groups in total. The van der Waals surface area contributed by atoms with E-state index in [4.69, 9.17) is 4.74 Å². The van der Waals surface area contributed by atoms with E-state index in [1.165, 1.54) is 16.0 Å². The fraction of sp³-hybridized carbons (Fsp3) is 0.391. The Morgan fingerprint density at radius 2 is 2.12 bits per heavy atom. The first kappa shape index (κ1) is 21.2. The van der Waals surface area contributed by atoms with E-state index in [1.807, 2.05) is 27.0 Å². The monoisotopic (exact) mass is 467 g/mol. The average molecular weight is 468 g/mol. The fourth-order valence-electron chi connectivity index (χ4n) is 4.04. The number of thioether (sulfide) groups is 1. The number of anilines is 2. The summed E-state index contributed by atoms with van der Waals surface area (Å²) in [5.41, 5.74) is 4.14. The number of nitrogens with zero attached hydrogens (tertiary/aromatic N) is 4. The molecule has 0 atom stereocenters. The Balaban J connectivity index is 1.48. The highest BCUT2D eigenvalue weighted by molar-refractivity contribution is 7.98. The lowest BCUT2D eigenvalue weighted by molar-refractivity contribution is 0.0227. The Labute approximate surface area is 195 Å². The van der Waals surface area contributed by atoms with Crippen LogP contribution in [0, 0.1) is 0 Å². The summed E-state index contributed by atoms with van der Waals surface area (Å²) in [6, 6.07) is 4.35. The van der Waals surface area contributed by atoms with Gasteiger partial charge in [0.05, 0.1) is 24.2 Å². The molecule has 0 spiro atoms. The Bertz CT molecular complexity index is 1250. The van der Waals surface area contributed by atoms with Crippen LogP contribution in [0.5, 0.6) is 0 Å². The SMILES string of the molecule is CSc1cc2c(cc1Nc1ncnc3sc4c(c13)CCN(C(=O)OC(C)(C)C)C4)C=NC2. The summed E-state index contributed by atoms with van der Waals surface area (Å²) < 4.78 is 5.57. The third-order valence-corrected chi connectivity index (χ3v) is 7.40. The second-order valence-corrected chi connectivity index (χ2v) is 10.8. The van der Waals surface area contributed by atoms with Gasteiger partial charge in [-0.1, -0.05) is 0 Å². The van der Waals surface area contributed by atoms with Gasteiger partial charge in [0.2, 0.25) is 0 Å². The van der Waals surface area contributed by atoms with Crippen molar-refractivity contribution in [2.75, 3.05) is 18.1 Å². The number of thiophene rings is 1. The highest BCUT2D eigenvalue weighted by Gasteiger charge is 2.29. The zero-order valence-corrected chi connectivity index (χ0v) is 20.2. The quantitative estimate of drug-likeness (QED) is 0.521. The highest BCUT2D eigenvalue weighted by Crippen LogP contribution is 2.40. The smallest absolute Gasteiger partial charge is 0.410 e. The summed E-state index contributed by atoms with van der Waals surface area (Å²) >= 11 is 3.33. The van der Waals surface area contributed by atoms with Crippen LogP contribution >= 0.6 is 23.1 Å². The van der Waals surface area contributed by atoms with Crippen LogP contribution in [0.4, 0.5) is 16.3 Å². The molecule has 32 heavy (non-hydrogen) atoms. The lowest BCUT2D eigenvalue weighted by atomic mass is 10.0. The molecule has 166 valence electrons. The zero-order chi connectivity index (χ0) is 22.5. The molecule has 1 aromatic carbocycles. The Morgan fingerprint density at radius 1 is 1.28 bits per heavy atom. The molecule has 2 aliphatic heterocycles. The summed E-state index contributed by atoms with van der Waals surface area (Å²) in [5, 5.41) is 4.62. The van der Waals surface area contributed by atoms with Crippen LogP contribution in [0.25, 0.3) is 10.2 Å². The van der Waals surface area contributed by atoms with E-state index in [1.54, 1.807) is 34.3 Å². The van der Waals surface area contributed by atoms with Gasteiger partial charge in [-0.15, -0.1) is 23.1 Å². The van der Waals surface area contributed by atoms with E-state index in [2.05, 4.69) is 38.7 Å². The number of amides is 1. The maximum atomic E-state index is 12.6. The molecule has 0 bridgehead atoms. The summed E-state index contributed by atoms with van der Waals surface area (Å²) in [5.74, 6) is 0.809. The molecule has 5 rings (SSSR count). The Hall–Kier alpha value is -2.65. The first-order valence-electron chi connectivity index (χ1n) is 10.5. The van der Waals surface area contributed by atoms with Crippen LogP contribution in [0.3, 0.4) is 0 Å². The topological polar surface area (TPSA) is 79.7 Å². The predicted octanol–water partition coefficient (Wildman–Crippen LogP) is 5.38. The number of carbonyl (C=O) groups is 1. The first-order valence-corrected chi connectivity index (χ1v) is 12.6. The predicted molar refractivity (Wildman–Crippen MR) is 131 cm³/mol. The summed E-state index contributed by atoms with van der Waals surface area (Å²) in [4.78, 5) is 31.1. The van der Waals surface area contributed by atoms with Crippen molar-refractivity contribution < 1.29 is 9.53 Å². The molecular weight excluding hydrogens is 442 g/mol. The van der Waals surface area contributed by atoms with E-state index in [-0.39, 0.29) is 6.09 Å². The molecule has 0 unspecified atom stereocenters. The van der Waals surface area contributed by atoms with Crippen molar-refractivity contribution in [3.8, 4) is 0 Å². The summed E-state index contributed by atoms with van der Waals surface area (Å²) in [6.45, 7) is 7.57. The van der Waals surface area contributed by atoms with Gasteiger partial charge < -0.3 is 15.0 Å². The Morgan fingerprint density at radius 3 is 2.91 bits per heavy atom. The standard InChI is InChI=1S/C23H25N5O2S2/c1-23(2,3)30-22(29)28-6-5-15-18(11-28)32-21-19(15)20(25-12-26-21)27-16-7-13-9-24-10-14(13)8-17(16)31-4/h7-9,12H,5-6,10-11H2,1-4H3,(H,25,26,27). The van der Waals surface area contributed by atoms with Crippen molar-refractivity contribution in [2.24, 2.45) is 4.99 Å². The second-order valence-electron chi connectivity index (χ2n) is 8.90. The van der Waals surface area contributed by atoms with E-state index >= 15 is 0 Å². The number of benzene rings is 1. The number of nitrogens with one attached hydrogen (secondary N) is 1. The summed E-state index contributed by atoms with van der Waals surface area (Å²) in [7, 11) is 0. The molecule has 2 aliphatic rings. The van der Waals surface area contributed by atoms with Crippen molar-refractivity contribution in [1.29, 1.82) is 0 Å². The molecule has 0 saturated heterocycles. The van der Waals surface area contributed by atoms with E-state index in [0.29, 0.717) is 13.1 Å². The van der Waals surface area contributed by atoms with Crippen LogP contribution in [-0.2, 0) is 24.2 Å². The van der Waals surface area contributed by atoms with Gasteiger partial charge in [-0.25, -0.2) is 14.8 Å². The maximum absolute atomic E-state index is 12.6. The van der Waals surface area contributed by atoms with Crippen molar-refractivity contribution >= 4 is 57.1 Å². The van der Waals surface area contributed by atoms with Crippen molar-refractivity contribution in [1.82, 2.24) is 14.9 Å². The van der Waals surface area contributed by atoms with Crippen LogP contribution in [0.15, 0.2) is 28.3 Å². The maximum Gasteiger partial charge on any atom is 0.410 e. The van der Waals surface area contributed by atoms with Gasteiger partial charge in [-0.2, -0.15) is 0 Å². The molecule has 0 aliphatic carbocycles. The number of ether oxygens (including phenoxy) is 1. The molecule has 0 saturated carbocycles. The summed E-state index contributed by atoms with van der Waals surface area (Å²) in [6.07, 6.45) is 6.09. The lowest BCUT2D eigenvalue weighted by Gasteiger charge is -2.30. The molecule has 3 aromatic rings. The van der Waals surface area contributed by atoms with Gasteiger partial charge in [0, 0.05) is 22.5 Å². The van der Waals surface area contributed by atoms with Gasteiger partial charge in [-0.3, -0.25) is 4.99 Å². The third-order valence-electron chi connectivity index (χ3n) is 5.50. The van der Waals surface area contributed by atoms with Crippen LogP contribution < -0.4 is 5.32 Å².